The van der Waals surface area contributed by atoms with Crippen molar-refractivity contribution >= 4 is 28.1 Å². The number of aromatic nitrogens is 3. The summed E-state index contributed by atoms with van der Waals surface area (Å²) in [4.78, 5) is 4.04. The van der Waals surface area contributed by atoms with Gasteiger partial charge in [-0.1, -0.05) is 15.9 Å². The van der Waals surface area contributed by atoms with Crippen molar-refractivity contribution < 1.29 is 4.39 Å². The number of aryl methyl sites for hydroxylation is 1. The van der Waals surface area contributed by atoms with Gasteiger partial charge in [0.1, 0.15) is 5.82 Å². The van der Waals surface area contributed by atoms with Gasteiger partial charge >= 0.3 is 0 Å². The first kappa shape index (κ1) is 10.5. The maximum absolute atomic E-state index is 13.5. The van der Waals surface area contributed by atoms with Gasteiger partial charge in [0.25, 0.3) is 0 Å². The number of hydrogen-bond donors (Lipinski definition) is 1. The standard InChI is InChI=1S/C9H7BrFN3S/c1-14-9(15)12-8(13-14)6-3-2-5(10)4-7(6)11/h2-4H,1H3,(H,12,13,15). The van der Waals surface area contributed by atoms with Gasteiger partial charge in [0, 0.05) is 11.5 Å². The monoisotopic (exact) mass is 287 g/mol. The van der Waals surface area contributed by atoms with E-state index < -0.39 is 0 Å². The van der Waals surface area contributed by atoms with E-state index in [0.717, 1.165) is 0 Å². The normalized spacial score (nSPS) is 10.6. The summed E-state index contributed by atoms with van der Waals surface area (Å²) >= 11 is 8.12. The summed E-state index contributed by atoms with van der Waals surface area (Å²) in [6, 6.07) is 4.79. The van der Waals surface area contributed by atoms with E-state index in [1.165, 1.54) is 6.07 Å². The zero-order valence-corrected chi connectivity index (χ0v) is 10.2. The molecule has 0 aliphatic heterocycles. The second-order valence-corrected chi connectivity index (χ2v) is 4.32. The molecule has 0 aliphatic rings. The van der Waals surface area contributed by atoms with Crippen LogP contribution in [0.15, 0.2) is 22.7 Å². The molecule has 3 nitrogen and oxygen atoms in total. The molecular weight excluding hydrogens is 281 g/mol. The lowest BCUT2D eigenvalue weighted by atomic mass is 10.2. The van der Waals surface area contributed by atoms with Gasteiger partial charge in [-0.2, -0.15) is 4.98 Å². The fourth-order valence-electron chi connectivity index (χ4n) is 1.20. The minimum atomic E-state index is -0.339. The van der Waals surface area contributed by atoms with Crippen molar-refractivity contribution in [2.24, 2.45) is 7.05 Å². The van der Waals surface area contributed by atoms with Crippen LogP contribution >= 0.6 is 28.1 Å². The van der Waals surface area contributed by atoms with Crippen molar-refractivity contribution in [3.05, 3.63) is 33.3 Å². The van der Waals surface area contributed by atoms with E-state index in [1.807, 2.05) is 0 Å². The smallest absolute Gasteiger partial charge is 0.216 e. The van der Waals surface area contributed by atoms with E-state index in [9.17, 15) is 4.39 Å². The Morgan fingerprint density at radius 2 is 2.27 bits per heavy atom. The van der Waals surface area contributed by atoms with Crippen LogP contribution in [0.1, 0.15) is 0 Å². The molecule has 78 valence electrons. The average molecular weight is 288 g/mol. The summed E-state index contributed by atoms with van der Waals surface area (Å²) < 4.78 is 16.2. The summed E-state index contributed by atoms with van der Waals surface area (Å²) in [5.74, 6) is 0.0984. The lowest BCUT2D eigenvalue weighted by Gasteiger charge is -1.99. The predicted molar refractivity (Wildman–Crippen MR) is 61.5 cm³/mol. The quantitative estimate of drug-likeness (QED) is 0.818. The van der Waals surface area contributed by atoms with Crippen molar-refractivity contribution in [1.82, 2.24) is 14.8 Å². The van der Waals surface area contributed by atoms with Crippen molar-refractivity contribution in [2.75, 3.05) is 0 Å². The Morgan fingerprint density at radius 1 is 1.53 bits per heavy atom. The highest BCUT2D eigenvalue weighted by molar-refractivity contribution is 9.10. The third-order valence-electron chi connectivity index (χ3n) is 1.95. The highest BCUT2D eigenvalue weighted by atomic mass is 79.9. The first-order valence-electron chi connectivity index (χ1n) is 4.16. The number of aromatic amines is 1. The Morgan fingerprint density at radius 3 is 2.80 bits per heavy atom. The van der Waals surface area contributed by atoms with Crippen molar-refractivity contribution in [1.29, 1.82) is 0 Å². The zero-order chi connectivity index (χ0) is 11.0. The molecule has 0 saturated heterocycles. The minimum Gasteiger partial charge on any atom is -0.279 e. The number of nitrogens with one attached hydrogen (secondary N) is 1. The second-order valence-electron chi connectivity index (χ2n) is 3.04. The molecule has 1 aromatic heterocycles. The maximum Gasteiger partial charge on any atom is 0.216 e. The van der Waals surface area contributed by atoms with Crippen LogP contribution < -0.4 is 0 Å². The van der Waals surface area contributed by atoms with Crippen LogP contribution in [0.3, 0.4) is 0 Å². The minimum absolute atomic E-state index is 0.339. The van der Waals surface area contributed by atoms with Gasteiger partial charge in [-0.05, 0) is 30.4 Å². The molecule has 0 fully saturated rings. The van der Waals surface area contributed by atoms with E-state index in [4.69, 9.17) is 12.2 Å². The number of benzene rings is 1. The summed E-state index contributed by atoms with van der Waals surface area (Å²) in [5.41, 5.74) is 0.407. The SMILES string of the molecule is Cn1[nH]c(-c2ccc(Br)cc2F)nc1=S. The fraction of sp³-hybridized carbons (Fsp3) is 0.111. The van der Waals surface area contributed by atoms with Gasteiger partial charge in [0.2, 0.25) is 4.77 Å². The Labute approximate surface area is 99.1 Å². The largest absolute Gasteiger partial charge is 0.279 e. The molecule has 0 spiro atoms. The number of nitrogens with zero attached hydrogens (tertiary/aromatic N) is 2. The summed E-state index contributed by atoms with van der Waals surface area (Å²) in [5, 5.41) is 2.87. The molecule has 1 aromatic carbocycles. The molecule has 1 N–H and O–H groups in total. The van der Waals surface area contributed by atoms with Crippen molar-refractivity contribution in [3.63, 3.8) is 0 Å². The summed E-state index contributed by atoms with van der Waals surface area (Å²) in [7, 11) is 1.73. The van der Waals surface area contributed by atoms with Gasteiger partial charge < -0.3 is 0 Å². The second kappa shape index (κ2) is 3.86. The molecule has 15 heavy (non-hydrogen) atoms. The molecule has 0 atom stereocenters. The number of halogens is 2. The van der Waals surface area contributed by atoms with E-state index in [0.29, 0.717) is 20.6 Å². The van der Waals surface area contributed by atoms with Crippen molar-refractivity contribution in [3.8, 4) is 11.4 Å². The molecule has 0 bridgehead atoms. The van der Waals surface area contributed by atoms with E-state index in [-0.39, 0.29) is 5.82 Å². The molecule has 0 aliphatic carbocycles. The van der Waals surface area contributed by atoms with Crippen molar-refractivity contribution in [2.45, 2.75) is 0 Å². The van der Waals surface area contributed by atoms with E-state index in [2.05, 4.69) is 26.0 Å². The van der Waals surface area contributed by atoms with Crippen LogP contribution in [-0.4, -0.2) is 14.8 Å². The third-order valence-corrected chi connectivity index (χ3v) is 2.81. The first-order valence-corrected chi connectivity index (χ1v) is 5.36. The van der Waals surface area contributed by atoms with E-state index >= 15 is 0 Å². The van der Waals surface area contributed by atoms with Crippen LogP contribution in [0.5, 0.6) is 0 Å². The number of hydrogen-bond acceptors (Lipinski definition) is 2. The third kappa shape index (κ3) is 2.00. The lowest BCUT2D eigenvalue weighted by Crippen LogP contribution is -1.91. The Hall–Kier alpha value is -1.01. The fourth-order valence-corrected chi connectivity index (χ4v) is 1.67. The molecule has 2 aromatic rings. The highest BCUT2D eigenvalue weighted by Gasteiger charge is 2.08. The van der Waals surface area contributed by atoms with Gasteiger partial charge in [0.05, 0.1) is 5.56 Å². The Kier molecular flexibility index (Phi) is 2.70. The first-order chi connectivity index (χ1) is 7.08. The predicted octanol–water partition coefficient (Wildman–Crippen LogP) is 3.05. The van der Waals surface area contributed by atoms with Crippen LogP contribution in [0.2, 0.25) is 0 Å². The van der Waals surface area contributed by atoms with Crippen LogP contribution in [-0.2, 0) is 7.05 Å². The van der Waals surface area contributed by atoms with Gasteiger partial charge in [-0.15, -0.1) is 0 Å². The van der Waals surface area contributed by atoms with E-state index in [1.54, 1.807) is 23.9 Å². The molecule has 0 amide bonds. The molecule has 2 rings (SSSR count). The van der Waals surface area contributed by atoms with Crippen LogP contribution in [0.4, 0.5) is 4.39 Å². The molecule has 6 heteroatoms. The number of H-pyrrole nitrogens is 1. The molecule has 0 radical (unpaired) electrons. The van der Waals surface area contributed by atoms with Crippen LogP contribution in [0, 0.1) is 10.6 Å². The highest BCUT2D eigenvalue weighted by Crippen LogP contribution is 2.22. The van der Waals surface area contributed by atoms with Gasteiger partial charge in [-0.3, -0.25) is 9.78 Å². The summed E-state index contributed by atoms with van der Waals surface area (Å²) in [6.07, 6.45) is 0. The van der Waals surface area contributed by atoms with Gasteiger partial charge in [0.15, 0.2) is 5.82 Å². The summed E-state index contributed by atoms with van der Waals surface area (Å²) in [6.45, 7) is 0. The zero-order valence-electron chi connectivity index (χ0n) is 7.79. The average Bonchev–Trinajstić information content (AvgIpc) is 2.46. The molecule has 0 saturated carbocycles. The maximum atomic E-state index is 13.5. The molecule has 1 heterocycles. The lowest BCUT2D eigenvalue weighted by molar-refractivity contribution is 0.628. The topological polar surface area (TPSA) is 33.6 Å². The van der Waals surface area contributed by atoms with Gasteiger partial charge in [-0.25, -0.2) is 4.39 Å². The Balaban J connectivity index is 2.59. The van der Waals surface area contributed by atoms with Crippen LogP contribution in [0.25, 0.3) is 11.4 Å². The molecular formula is C9H7BrFN3S. The number of rotatable bonds is 1. The molecule has 0 unspecified atom stereocenters. The Bertz CT molecular complexity index is 561.